The first-order valence-corrected chi connectivity index (χ1v) is 11.1. The van der Waals surface area contributed by atoms with Gasteiger partial charge in [0.15, 0.2) is 0 Å². The SMILES string of the molecule is CC(C)Oc1ccc(-c2nc(-c3cccc4c3CCCC4NS(=O)O)no2)cc1C#N. The van der Waals surface area contributed by atoms with Crippen LogP contribution in [0.1, 0.15) is 49.4 Å². The summed E-state index contributed by atoms with van der Waals surface area (Å²) in [6.45, 7) is 3.80. The number of hydrogen-bond acceptors (Lipinski definition) is 6. The summed E-state index contributed by atoms with van der Waals surface area (Å²) in [6.07, 6.45) is 2.44. The van der Waals surface area contributed by atoms with E-state index < -0.39 is 11.3 Å². The maximum absolute atomic E-state index is 11.3. The minimum atomic E-state index is -2.09. The molecule has 1 aliphatic carbocycles. The van der Waals surface area contributed by atoms with Crippen LogP contribution >= 0.6 is 0 Å². The van der Waals surface area contributed by atoms with Gasteiger partial charge in [0.05, 0.1) is 11.7 Å². The maximum Gasteiger partial charge on any atom is 0.258 e. The molecule has 160 valence electrons. The Hall–Kier alpha value is -3.06. The molecule has 31 heavy (non-hydrogen) atoms. The quantitative estimate of drug-likeness (QED) is 0.554. The summed E-state index contributed by atoms with van der Waals surface area (Å²) in [5.41, 5.74) is 3.88. The fourth-order valence-electron chi connectivity index (χ4n) is 3.86. The number of nitriles is 1. The number of nitrogens with zero attached hydrogens (tertiary/aromatic N) is 3. The van der Waals surface area contributed by atoms with Crippen molar-refractivity contribution in [3.8, 4) is 34.7 Å². The van der Waals surface area contributed by atoms with Crippen LogP contribution in [0.3, 0.4) is 0 Å². The van der Waals surface area contributed by atoms with E-state index in [4.69, 9.17) is 9.26 Å². The van der Waals surface area contributed by atoms with Crippen molar-refractivity contribution in [3.63, 3.8) is 0 Å². The lowest BCUT2D eigenvalue weighted by molar-refractivity contribution is 0.241. The van der Waals surface area contributed by atoms with E-state index in [0.29, 0.717) is 28.6 Å². The Balaban J connectivity index is 1.68. The summed E-state index contributed by atoms with van der Waals surface area (Å²) in [4.78, 5) is 4.55. The van der Waals surface area contributed by atoms with E-state index in [9.17, 15) is 14.0 Å². The highest BCUT2D eigenvalue weighted by Crippen LogP contribution is 2.36. The largest absolute Gasteiger partial charge is 0.490 e. The van der Waals surface area contributed by atoms with Crippen molar-refractivity contribution in [2.24, 2.45) is 0 Å². The third kappa shape index (κ3) is 4.51. The van der Waals surface area contributed by atoms with Gasteiger partial charge in [-0.05, 0) is 62.4 Å². The number of rotatable bonds is 6. The van der Waals surface area contributed by atoms with Crippen LogP contribution in [-0.2, 0) is 17.7 Å². The summed E-state index contributed by atoms with van der Waals surface area (Å²) in [7, 11) is 0. The lowest BCUT2D eigenvalue weighted by Crippen LogP contribution is -2.26. The van der Waals surface area contributed by atoms with E-state index in [-0.39, 0.29) is 12.1 Å². The molecule has 2 aromatic carbocycles. The third-order valence-corrected chi connectivity index (χ3v) is 5.61. The first-order valence-electron chi connectivity index (χ1n) is 10.0. The van der Waals surface area contributed by atoms with Gasteiger partial charge in [-0.3, -0.25) is 4.55 Å². The molecular weight excluding hydrogens is 416 g/mol. The molecule has 2 unspecified atom stereocenters. The first kappa shape index (κ1) is 21.2. The second kappa shape index (κ2) is 8.98. The van der Waals surface area contributed by atoms with Crippen LogP contribution in [0.5, 0.6) is 5.75 Å². The van der Waals surface area contributed by atoms with Gasteiger partial charge in [-0.25, -0.2) is 8.93 Å². The van der Waals surface area contributed by atoms with E-state index >= 15 is 0 Å². The Morgan fingerprint density at radius 1 is 1.35 bits per heavy atom. The zero-order valence-electron chi connectivity index (χ0n) is 17.2. The fraction of sp³-hybridized carbons (Fsp3) is 0.318. The second-order valence-corrected chi connectivity index (χ2v) is 8.33. The van der Waals surface area contributed by atoms with E-state index in [0.717, 1.165) is 36.0 Å². The molecule has 0 saturated heterocycles. The van der Waals surface area contributed by atoms with Crippen molar-refractivity contribution in [2.45, 2.75) is 45.3 Å². The van der Waals surface area contributed by atoms with Crippen molar-refractivity contribution >= 4 is 11.3 Å². The van der Waals surface area contributed by atoms with Crippen LogP contribution in [0.15, 0.2) is 40.9 Å². The Bertz CT molecular complexity index is 1170. The molecule has 0 saturated carbocycles. The lowest BCUT2D eigenvalue weighted by atomic mass is 9.85. The highest BCUT2D eigenvalue weighted by atomic mass is 32.2. The van der Waals surface area contributed by atoms with Gasteiger partial charge in [-0.2, -0.15) is 10.2 Å². The van der Waals surface area contributed by atoms with Crippen LogP contribution in [0.25, 0.3) is 22.8 Å². The van der Waals surface area contributed by atoms with Gasteiger partial charge < -0.3 is 9.26 Å². The number of hydrogen-bond donors (Lipinski definition) is 2. The van der Waals surface area contributed by atoms with Gasteiger partial charge in [-0.1, -0.05) is 23.4 Å². The smallest absolute Gasteiger partial charge is 0.258 e. The van der Waals surface area contributed by atoms with Crippen LogP contribution < -0.4 is 9.46 Å². The Labute approximate surface area is 182 Å². The van der Waals surface area contributed by atoms with Gasteiger partial charge in [0.2, 0.25) is 17.1 Å². The molecule has 0 aliphatic heterocycles. The van der Waals surface area contributed by atoms with E-state index in [1.54, 1.807) is 18.2 Å². The number of nitrogens with one attached hydrogen (secondary N) is 1. The normalized spacial score (nSPS) is 16.5. The molecule has 9 heteroatoms. The molecule has 3 aromatic rings. The van der Waals surface area contributed by atoms with Crippen molar-refractivity contribution in [2.75, 3.05) is 0 Å². The van der Waals surface area contributed by atoms with Crippen molar-refractivity contribution in [3.05, 3.63) is 53.1 Å². The van der Waals surface area contributed by atoms with Crippen LogP contribution in [0, 0.1) is 11.3 Å². The zero-order chi connectivity index (χ0) is 22.0. The van der Waals surface area contributed by atoms with Crippen molar-refractivity contribution < 1.29 is 18.0 Å². The number of fused-ring (bicyclic) bond motifs is 1. The second-order valence-electron chi connectivity index (χ2n) is 7.60. The molecule has 2 atom stereocenters. The summed E-state index contributed by atoms with van der Waals surface area (Å²) in [5, 5.41) is 13.6. The minimum absolute atomic E-state index is 0.0428. The Morgan fingerprint density at radius 2 is 2.19 bits per heavy atom. The van der Waals surface area contributed by atoms with Gasteiger partial charge in [0.1, 0.15) is 11.8 Å². The number of aromatic nitrogens is 2. The molecule has 4 rings (SSSR count). The summed E-state index contributed by atoms with van der Waals surface area (Å²) in [5.74, 6) is 1.26. The third-order valence-electron chi connectivity index (χ3n) is 5.13. The molecule has 0 radical (unpaired) electrons. The molecule has 0 fully saturated rings. The molecule has 0 spiro atoms. The molecule has 2 N–H and O–H groups in total. The highest BCUT2D eigenvalue weighted by Gasteiger charge is 2.25. The summed E-state index contributed by atoms with van der Waals surface area (Å²) in [6, 6.07) is 12.9. The van der Waals surface area contributed by atoms with E-state index in [1.165, 1.54) is 0 Å². The van der Waals surface area contributed by atoms with Crippen LogP contribution in [0.2, 0.25) is 0 Å². The molecule has 1 aromatic heterocycles. The summed E-state index contributed by atoms with van der Waals surface area (Å²) >= 11 is -2.09. The van der Waals surface area contributed by atoms with Crippen LogP contribution in [0.4, 0.5) is 0 Å². The Kier molecular flexibility index (Phi) is 6.13. The van der Waals surface area contributed by atoms with E-state index in [1.807, 2.05) is 32.0 Å². The van der Waals surface area contributed by atoms with Gasteiger partial charge in [0, 0.05) is 17.2 Å². The number of benzene rings is 2. The average Bonchev–Trinajstić information content (AvgIpc) is 3.23. The predicted octanol–water partition coefficient (Wildman–Crippen LogP) is 4.17. The van der Waals surface area contributed by atoms with Gasteiger partial charge in [-0.15, -0.1) is 0 Å². The van der Waals surface area contributed by atoms with Gasteiger partial charge >= 0.3 is 0 Å². The molecular formula is C22H22N4O4S. The van der Waals surface area contributed by atoms with Crippen LogP contribution in [-0.4, -0.2) is 25.0 Å². The standard InChI is InChI=1S/C22H22N4O4S/c1-13(2)29-20-10-9-14(11-15(20)12-23)22-24-21(25-30-22)18-7-3-6-17-16(18)5-4-8-19(17)26-31(27)28/h3,6-7,9-11,13,19,26H,4-5,8H2,1-2H3,(H,27,28). The molecule has 0 amide bonds. The monoisotopic (exact) mass is 438 g/mol. The molecule has 8 nitrogen and oxygen atoms in total. The predicted molar refractivity (Wildman–Crippen MR) is 115 cm³/mol. The lowest BCUT2D eigenvalue weighted by Gasteiger charge is -2.26. The van der Waals surface area contributed by atoms with Gasteiger partial charge in [0.25, 0.3) is 5.89 Å². The maximum atomic E-state index is 11.3. The minimum Gasteiger partial charge on any atom is -0.490 e. The fourth-order valence-corrected chi connectivity index (χ4v) is 4.35. The average molecular weight is 439 g/mol. The Morgan fingerprint density at radius 3 is 2.94 bits per heavy atom. The molecule has 1 heterocycles. The number of ether oxygens (including phenoxy) is 1. The van der Waals surface area contributed by atoms with E-state index in [2.05, 4.69) is 20.9 Å². The van der Waals surface area contributed by atoms with Crippen molar-refractivity contribution in [1.82, 2.24) is 14.9 Å². The molecule has 1 aliphatic rings. The molecule has 0 bridgehead atoms. The van der Waals surface area contributed by atoms with Crippen molar-refractivity contribution in [1.29, 1.82) is 5.26 Å². The topological polar surface area (TPSA) is 121 Å². The zero-order valence-corrected chi connectivity index (χ0v) is 18.0. The highest BCUT2D eigenvalue weighted by molar-refractivity contribution is 7.77. The summed E-state index contributed by atoms with van der Waals surface area (Å²) < 4.78 is 34.4. The first-order chi connectivity index (χ1) is 15.0.